The summed E-state index contributed by atoms with van der Waals surface area (Å²) in [7, 11) is 3.99. The normalized spacial score (nSPS) is 18.3. The molecular weight excluding hydrogens is 453 g/mol. The van der Waals surface area contributed by atoms with Crippen LogP contribution >= 0.6 is 24.0 Å². The van der Waals surface area contributed by atoms with Crippen LogP contribution in [-0.2, 0) is 0 Å². The Morgan fingerprint density at radius 2 is 1.81 bits per heavy atom. The van der Waals surface area contributed by atoms with E-state index in [2.05, 4.69) is 65.4 Å². The van der Waals surface area contributed by atoms with Crippen LogP contribution in [0, 0.1) is 6.92 Å². The summed E-state index contributed by atoms with van der Waals surface area (Å²) in [4.78, 5) is 9.24. The van der Waals surface area contributed by atoms with Gasteiger partial charge in [-0.3, -0.25) is 9.89 Å². The molecule has 1 aliphatic rings. The average Bonchev–Trinajstić information content (AvgIpc) is 2.62. The van der Waals surface area contributed by atoms with Gasteiger partial charge >= 0.3 is 0 Å². The summed E-state index contributed by atoms with van der Waals surface area (Å²) in [5.74, 6) is 1.73. The van der Waals surface area contributed by atoms with Crippen LogP contribution in [0.4, 0.5) is 0 Å². The molecule has 0 amide bonds. The van der Waals surface area contributed by atoms with Gasteiger partial charge in [-0.15, -0.1) is 24.0 Å². The van der Waals surface area contributed by atoms with Crippen molar-refractivity contribution in [3.63, 3.8) is 0 Å². The first-order valence-electron chi connectivity index (χ1n) is 9.58. The molecule has 1 heterocycles. The number of rotatable bonds is 7. The topological polar surface area (TPSA) is 52.1 Å². The highest BCUT2D eigenvalue weighted by atomic mass is 127. The van der Waals surface area contributed by atoms with Crippen LogP contribution in [-0.4, -0.2) is 81.3 Å². The Hall–Kier alpha value is -1.06. The van der Waals surface area contributed by atoms with E-state index in [4.69, 9.17) is 4.74 Å². The van der Waals surface area contributed by atoms with Crippen molar-refractivity contribution < 1.29 is 4.74 Å². The highest BCUT2D eigenvalue weighted by Gasteiger charge is 2.19. The van der Waals surface area contributed by atoms with E-state index in [1.54, 1.807) is 0 Å². The monoisotopic (exact) mass is 489 g/mol. The molecule has 0 aliphatic carbocycles. The zero-order chi connectivity index (χ0) is 18.9. The number of piperazine rings is 1. The molecule has 0 bridgehead atoms. The van der Waals surface area contributed by atoms with E-state index in [0.29, 0.717) is 12.6 Å². The van der Waals surface area contributed by atoms with E-state index in [9.17, 15) is 0 Å². The first-order chi connectivity index (χ1) is 12.5. The second-order valence-electron chi connectivity index (χ2n) is 7.27. The maximum absolute atomic E-state index is 5.96. The van der Waals surface area contributed by atoms with Crippen molar-refractivity contribution in [3.8, 4) is 5.75 Å². The maximum atomic E-state index is 5.96. The van der Waals surface area contributed by atoms with Crippen LogP contribution in [0.15, 0.2) is 29.3 Å². The fourth-order valence-electron chi connectivity index (χ4n) is 3.06. The molecule has 7 heteroatoms. The van der Waals surface area contributed by atoms with Crippen LogP contribution in [0.3, 0.4) is 0 Å². The molecule has 2 rings (SSSR count). The first-order valence-corrected chi connectivity index (χ1v) is 9.58. The average molecular weight is 489 g/mol. The molecule has 6 nitrogen and oxygen atoms in total. The highest BCUT2D eigenvalue weighted by molar-refractivity contribution is 14.0. The summed E-state index contributed by atoms with van der Waals surface area (Å²) in [5.41, 5.74) is 1.21. The maximum Gasteiger partial charge on any atom is 0.191 e. The predicted octanol–water partition coefficient (Wildman–Crippen LogP) is 2.18. The summed E-state index contributed by atoms with van der Waals surface area (Å²) < 4.78 is 5.96. The molecule has 1 saturated heterocycles. The van der Waals surface area contributed by atoms with E-state index >= 15 is 0 Å². The summed E-state index contributed by atoms with van der Waals surface area (Å²) in [5, 5.41) is 6.79. The third-order valence-corrected chi connectivity index (χ3v) is 4.83. The Morgan fingerprint density at radius 3 is 2.44 bits per heavy atom. The molecule has 2 N–H and O–H groups in total. The summed E-state index contributed by atoms with van der Waals surface area (Å²) in [6.07, 6.45) is 0.0606. The summed E-state index contributed by atoms with van der Waals surface area (Å²) in [6, 6.07) is 8.63. The third kappa shape index (κ3) is 8.66. The Labute approximate surface area is 181 Å². The second kappa shape index (κ2) is 12.4. The van der Waals surface area contributed by atoms with Crippen molar-refractivity contribution in [3.05, 3.63) is 29.8 Å². The predicted molar refractivity (Wildman–Crippen MR) is 125 cm³/mol. The quantitative estimate of drug-likeness (QED) is 0.350. The number of likely N-dealkylation sites (N-methyl/N-ethyl adjacent to an activating group) is 1. The zero-order valence-corrected chi connectivity index (χ0v) is 19.7. The molecule has 27 heavy (non-hydrogen) atoms. The van der Waals surface area contributed by atoms with Gasteiger partial charge in [-0.1, -0.05) is 12.1 Å². The number of benzene rings is 1. The van der Waals surface area contributed by atoms with Crippen LogP contribution in [0.1, 0.15) is 19.4 Å². The van der Waals surface area contributed by atoms with Crippen molar-refractivity contribution >= 4 is 29.9 Å². The minimum Gasteiger partial charge on any atom is -0.489 e. The standard InChI is InChI=1S/C20H35N5O.HI/c1-16-7-6-8-19(13-16)26-18(3)15-23-20(21-4)22-14-17(2)25-11-9-24(5)10-12-25;/h6-8,13,17-18H,9-12,14-15H2,1-5H3,(H2,21,22,23);1H. The fraction of sp³-hybridized carbons (Fsp3) is 0.650. The molecule has 1 aliphatic heterocycles. The van der Waals surface area contributed by atoms with Crippen molar-refractivity contribution in [2.45, 2.75) is 32.9 Å². The van der Waals surface area contributed by atoms with Gasteiger partial charge in [-0.05, 0) is 45.5 Å². The summed E-state index contributed by atoms with van der Waals surface area (Å²) >= 11 is 0. The van der Waals surface area contributed by atoms with E-state index in [-0.39, 0.29) is 30.1 Å². The Balaban J connectivity index is 0.00000364. The lowest BCUT2D eigenvalue weighted by molar-refractivity contribution is 0.120. The van der Waals surface area contributed by atoms with Gasteiger partial charge in [-0.25, -0.2) is 0 Å². The number of aryl methyl sites for hydroxylation is 1. The summed E-state index contributed by atoms with van der Waals surface area (Å²) in [6.45, 7) is 12.6. The molecule has 0 aromatic heterocycles. The molecule has 1 aromatic carbocycles. The number of hydrogen-bond donors (Lipinski definition) is 2. The molecule has 2 atom stereocenters. The van der Waals surface area contributed by atoms with Gasteiger partial charge in [0.15, 0.2) is 5.96 Å². The second-order valence-corrected chi connectivity index (χ2v) is 7.27. The number of nitrogens with zero attached hydrogens (tertiary/aromatic N) is 3. The minimum absolute atomic E-state index is 0. The van der Waals surface area contributed by atoms with Gasteiger partial charge in [0.2, 0.25) is 0 Å². The van der Waals surface area contributed by atoms with Crippen molar-refractivity contribution in [1.29, 1.82) is 0 Å². The van der Waals surface area contributed by atoms with Gasteiger partial charge < -0.3 is 20.3 Å². The number of ether oxygens (including phenoxy) is 1. The SMILES string of the molecule is CN=C(NCC(C)Oc1cccc(C)c1)NCC(C)N1CCN(C)CC1.I. The minimum atomic E-state index is 0. The molecule has 0 saturated carbocycles. The molecular formula is C20H36IN5O. The Kier molecular flexibility index (Phi) is 11.0. The fourth-order valence-corrected chi connectivity index (χ4v) is 3.06. The Bertz CT molecular complexity index is 575. The number of guanidine groups is 1. The van der Waals surface area contributed by atoms with Crippen molar-refractivity contribution in [1.82, 2.24) is 20.4 Å². The van der Waals surface area contributed by atoms with Gasteiger partial charge in [0.25, 0.3) is 0 Å². The van der Waals surface area contributed by atoms with Crippen LogP contribution in [0.25, 0.3) is 0 Å². The molecule has 2 unspecified atom stereocenters. The van der Waals surface area contributed by atoms with Gasteiger partial charge in [0, 0.05) is 45.8 Å². The zero-order valence-electron chi connectivity index (χ0n) is 17.4. The van der Waals surface area contributed by atoms with E-state index < -0.39 is 0 Å². The molecule has 1 fully saturated rings. The molecule has 154 valence electrons. The third-order valence-electron chi connectivity index (χ3n) is 4.83. The number of aliphatic imine (C=N–C) groups is 1. The van der Waals surface area contributed by atoms with Gasteiger partial charge in [-0.2, -0.15) is 0 Å². The first kappa shape index (κ1) is 24.0. The van der Waals surface area contributed by atoms with E-state index in [1.807, 2.05) is 19.2 Å². The van der Waals surface area contributed by atoms with Crippen LogP contribution in [0.5, 0.6) is 5.75 Å². The van der Waals surface area contributed by atoms with Crippen LogP contribution in [0.2, 0.25) is 0 Å². The van der Waals surface area contributed by atoms with Crippen molar-refractivity contribution in [2.75, 3.05) is 53.4 Å². The smallest absolute Gasteiger partial charge is 0.191 e. The van der Waals surface area contributed by atoms with Gasteiger partial charge in [0.1, 0.15) is 11.9 Å². The van der Waals surface area contributed by atoms with E-state index in [1.165, 1.54) is 5.56 Å². The van der Waals surface area contributed by atoms with Crippen molar-refractivity contribution in [2.24, 2.45) is 4.99 Å². The number of hydrogen-bond acceptors (Lipinski definition) is 4. The van der Waals surface area contributed by atoms with Crippen LogP contribution < -0.4 is 15.4 Å². The lowest BCUT2D eigenvalue weighted by Gasteiger charge is -2.36. The van der Waals surface area contributed by atoms with Gasteiger partial charge in [0.05, 0.1) is 6.54 Å². The molecule has 0 spiro atoms. The highest BCUT2D eigenvalue weighted by Crippen LogP contribution is 2.13. The lowest BCUT2D eigenvalue weighted by atomic mass is 10.2. The largest absolute Gasteiger partial charge is 0.489 e. The molecule has 1 aromatic rings. The number of nitrogens with one attached hydrogen (secondary N) is 2. The van der Waals surface area contributed by atoms with E-state index in [0.717, 1.165) is 44.4 Å². The molecule has 0 radical (unpaired) electrons. The lowest BCUT2D eigenvalue weighted by Crippen LogP contribution is -2.52. The number of halogens is 1. The Morgan fingerprint density at radius 1 is 1.15 bits per heavy atom.